The summed E-state index contributed by atoms with van der Waals surface area (Å²) in [6, 6.07) is 4.03. The van der Waals surface area contributed by atoms with Crippen LogP contribution in [0.15, 0.2) is 18.3 Å². The summed E-state index contributed by atoms with van der Waals surface area (Å²) >= 11 is 0. The van der Waals surface area contributed by atoms with Crippen LogP contribution in [0.4, 0.5) is 5.69 Å². The lowest BCUT2D eigenvalue weighted by Gasteiger charge is -2.21. The molecule has 0 saturated carbocycles. The van der Waals surface area contributed by atoms with Crippen LogP contribution in [0.25, 0.3) is 0 Å². The highest BCUT2D eigenvalue weighted by atomic mass is 15.2. The first kappa shape index (κ1) is 11.9. The minimum absolute atomic E-state index is 0.502. The second-order valence-corrected chi connectivity index (χ2v) is 3.94. The van der Waals surface area contributed by atoms with Gasteiger partial charge >= 0.3 is 0 Å². The Morgan fingerprint density at radius 3 is 2.40 bits per heavy atom. The summed E-state index contributed by atoms with van der Waals surface area (Å²) in [5.74, 6) is 0. The van der Waals surface area contributed by atoms with Crippen LogP contribution in [0, 0.1) is 0 Å². The third-order valence-corrected chi connectivity index (χ3v) is 2.34. The minimum atomic E-state index is 0.502. The van der Waals surface area contributed by atoms with Crippen molar-refractivity contribution in [3.8, 4) is 0 Å². The molecule has 0 saturated heterocycles. The van der Waals surface area contributed by atoms with Crippen molar-refractivity contribution in [1.29, 1.82) is 0 Å². The molecule has 1 rings (SSSR count). The van der Waals surface area contributed by atoms with Crippen LogP contribution in [0.3, 0.4) is 0 Å². The van der Waals surface area contributed by atoms with Crippen molar-refractivity contribution in [1.82, 2.24) is 9.88 Å². The number of likely N-dealkylation sites (N-methyl/N-ethyl adjacent to an activating group) is 2. The molecule has 0 atom stereocenters. The molecule has 0 radical (unpaired) electrons. The number of hydrogen-bond donors (Lipinski definition) is 1. The maximum absolute atomic E-state index is 5.49. The lowest BCUT2D eigenvalue weighted by molar-refractivity contribution is 0.416. The maximum atomic E-state index is 5.49. The molecule has 4 nitrogen and oxygen atoms in total. The summed E-state index contributed by atoms with van der Waals surface area (Å²) in [5.41, 5.74) is 7.56. The number of rotatable bonds is 5. The van der Waals surface area contributed by atoms with Gasteiger partial charge in [0.05, 0.1) is 17.6 Å². The number of anilines is 1. The van der Waals surface area contributed by atoms with E-state index in [1.165, 1.54) is 0 Å². The average Bonchev–Trinajstić information content (AvgIpc) is 2.26. The van der Waals surface area contributed by atoms with Crippen LogP contribution in [-0.2, 0) is 6.54 Å². The Labute approximate surface area is 91.7 Å². The van der Waals surface area contributed by atoms with E-state index in [1.807, 2.05) is 12.3 Å². The maximum Gasteiger partial charge on any atom is 0.0550 e. The molecule has 0 aliphatic rings. The molecule has 0 amide bonds. The first-order chi connectivity index (χ1) is 7.13. The molecular formula is C11H20N4. The van der Waals surface area contributed by atoms with E-state index in [-0.39, 0.29) is 0 Å². The van der Waals surface area contributed by atoms with Gasteiger partial charge in [0.2, 0.25) is 0 Å². The van der Waals surface area contributed by atoms with Crippen LogP contribution in [0.1, 0.15) is 5.69 Å². The quantitative estimate of drug-likeness (QED) is 0.767. The fourth-order valence-corrected chi connectivity index (χ4v) is 1.24. The van der Waals surface area contributed by atoms with E-state index in [4.69, 9.17) is 5.73 Å². The van der Waals surface area contributed by atoms with Gasteiger partial charge in [0, 0.05) is 26.7 Å². The predicted octanol–water partition coefficient (Wildman–Crippen LogP) is 0.538. The third kappa shape index (κ3) is 3.85. The Hall–Kier alpha value is -1.13. The zero-order valence-electron chi connectivity index (χ0n) is 9.77. The molecule has 1 aromatic rings. The van der Waals surface area contributed by atoms with Gasteiger partial charge in [-0.1, -0.05) is 0 Å². The number of hydrogen-bond acceptors (Lipinski definition) is 4. The van der Waals surface area contributed by atoms with Gasteiger partial charge in [0.25, 0.3) is 0 Å². The SMILES string of the molecule is CN(C)CCN(C)c1ccc(CN)nc1. The van der Waals surface area contributed by atoms with Crippen molar-refractivity contribution in [2.45, 2.75) is 6.54 Å². The molecule has 0 fully saturated rings. The molecule has 2 N–H and O–H groups in total. The van der Waals surface area contributed by atoms with E-state index in [2.05, 4.69) is 42.0 Å². The molecule has 0 unspecified atom stereocenters. The predicted molar refractivity (Wildman–Crippen MR) is 64.0 cm³/mol. The normalized spacial score (nSPS) is 10.7. The molecule has 0 aromatic carbocycles. The van der Waals surface area contributed by atoms with Crippen LogP contribution in [0.5, 0.6) is 0 Å². The third-order valence-electron chi connectivity index (χ3n) is 2.34. The van der Waals surface area contributed by atoms with Gasteiger partial charge in [0.15, 0.2) is 0 Å². The molecule has 0 aliphatic carbocycles. The van der Waals surface area contributed by atoms with Gasteiger partial charge in [-0.15, -0.1) is 0 Å². The van der Waals surface area contributed by atoms with Gasteiger partial charge < -0.3 is 15.5 Å². The highest BCUT2D eigenvalue weighted by Gasteiger charge is 2.01. The Bertz CT molecular complexity index is 281. The van der Waals surface area contributed by atoms with E-state index >= 15 is 0 Å². The molecule has 0 bridgehead atoms. The molecule has 1 aromatic heterocycles. The molecule has 0 spiro atoms. The van der Waals surface area contributed by atoms with E-state index in [0.29, 0.717) is 6.54 Å². The second kappa shape index (κ2) is 5.68. The minimum Gasteiger partial charge on any atom is -0.372 e. The summed E-state index contributed by atoms with van der Waals surface area (Å²) < 4.78 is 0. The van der Waals surface area contributed by atoms with Crippen LogP contribution >= 0.6 is 0 Å². The number of pyridine rings is 1. The van der Waals surface area contributed by atoms with Crippen molar-refractivity contribution in [3.63, 3.8) is 0 Å². The smallest absolute Gasteiger partial charge is 0.0550 e. The zero-order chi connectivity index (χ0) is 11.3. The van der Waals surface area contributed by atoms with Gasteiger partial charge in [-0.2, -0.15) is 0 Å². The molecule has 15 heavy (non-hydrogen) atoms. The lowest BCUT2D eigenvalue weighted by atomic mass is 10.3. The van der Waals surface area contributed by atoms with E-state index in [0.717, 1.165) is 24.5 Å². The van der Waals surface area contributed by atoms with E-state index < -0.39 is 0 Å². The summed E-state index contributed by atoms with van der Waals surface area (Å²) in [6.07, 6.45) is 1.87. The standard InChI is InChI=1S/C11H20N4/c1-14(2)6-7-15(3)11-5-4-10(8-12)13-9-11/h4-5,9H,6-8,12H2,1-3H3. The number of aromatic nitrogens is 1. The van der Waals surface area contributed by atoms with E-state index in [1.54, 1.807) is 0 Å². The number of nitrogens with zero attached hydrogens (tertiary/aromatic N) is 3. The fourth-order valence-electron chi connectivity index (χ4n) is 1.24. The summed E-state index contributed by atoms with van der Waals surface area (Å²) in [4.78, 5) is 8.62. The Kier molecular flexibility index (Phi) is 4.52. The van der Waals surface area contributed by atoms with Gasteiger partial charge in [0.1, 0.15) is 0 Å². The lowest BCUT2D eigenvalue weighted by Crippen LogP contribution is -2.28. The fraction of sp³-hybridized carbons (Fsp3) is 0.545. The highest BCUT2D eigenvalue weighted by Crippen LogP contribution is 2.10. The van der Waals surface area contributed by atoms with Gasteiger partial charge in [-0.25, -0.2) is 0 Å². The summed E-state index contributed by atoms with van der Waals surface area (Å²) in [6.45, 7) is 2.54. The topological polar surface area (TPSA) is 45.4 Å². The van der Waals surface area contributed by atoms with Crippen molar-refractivity contribution >= 4 is 5.69 Å². The molecule has 84 valence electrons. The molecule has 1 heterocycles. The Morgan fingerprint density at radius 2 is 1.93 bits per heavy atom. The van der Waals surface area contributed by atoms with Crippen LogP contribution in [-0.4, -0.2) is 44.1 Å². The van der Waals surface area contributed by atoms with E-state index in [9.17, 15) is 0 Å². The first-order valence-corrected chi connectivity index (χ1v) is 5.14. The summed E-state index contributed by atoms with van der Waals surface area (Å²) in [7, 11) is 6.22. The molecular weight excluding hydrogens is 188 g/mol. The van der Waals surface area contributed by atoms with Crippen LogP contribution < -0.4 is 10.6 Å². The zero-order valence-corrected chi connectivity index (χ0v) is 9.77. The van der Waals surface area contributed by atoms with Crippen molar-refractivity contribution in [2.75, 3.05) is 39.1 Å². The van der Waals surface area contributed by atoms with Gasteiger partial charge in [-0.05, 0) is 26.2 Å². The van der Waals surface area contributed by atoms with Crippen molar-refractivity contribution in [2.24, 2.45) is 5.73 Å². The van der Waals surface area contributed by atoms with Crippen molar-refractivity contribution in [3.05, 3.63) is 24.0 Å². The second-order valence-electron chi connectivity index (χ2n) is 3.94. The summed E-state index contributed by atoms with van der Waals surface area (Å²) in [5, 5.41) is 0. The average molecular weight is 208 g/mol. The highest BCUT2D eigenvalue weighted by molar-refractivity contribution is 5.43. The largest absolute Gasteiger partial charge is 0.372 e. The monoisotopic (exact) mass is 208 g/mol. The van der Waals surface area contributed by atoms with Crippen LogP contribution in [0.2, 0.25) is 0 Å². The first-order valence-electron chi connectivity index (χ1n) is 5.14. The molecule has 0 aliphatic heterocycles. The molecule has 4 heteroatoms. The Morgan fingerprint density at radius 1 is 1.20 bits per heavy atom. The number of nitrogens with two attached hydrogens (primary N) is 1. The Balaban J connectivity index is 2.54. The van der Waals surface area contributed by atoms with Crippen molar-refractivity contribution < 1.29 is 0 Å². The van der Waals surface area contributed by atoms with Gasteiger partial charge in [-0.3, -0.25) is 4.98 Å².